The number of carbonyl (C=O) groups is 2. The number of hydrogen-bond donors (Lipinski definition) is 0. The number of ketones is 1. The van der Waals surface area contributed by atoms with Crippen molar-refractivity contribution in [2.45, 2.75) is 38.7 Å². The molecule has 2 aliphatic rings. The van der Waals surface area contributed by atoms with Gasteiger partial charge in [0.25, 0.3) is 11.6 Å². The van der Waals surface area contributed by atoms with Crippen LogP contribution in [0.5, 0.6) is 5.75 Å². The molecule has 3 aromatic rings. The fraction of sp³-hybridized carbons (Fsp3) is 0.364. The van der Waals surface area contributed by atoms with Gasteiger partial charge < -0.3 is 14.2 Å². The Morgan fingerprint density at radius 3 is 2.93 bits per heavy atom. The van der Waals surface area contributed by atoms with Crippen molar-refractivity contribution in [3.05, 3.63) is 52.8 Å². The molecule has 1 fully saturated rings. The van der Waals surface area contributed by atoms with Gasteiger partial charge in [-0.25, -0.2) is 4.98 Å². The predicted octanol–water partition coefficient (Wildman–Crippen LogP) is 3.48. The Balaban J connectivity index is 1.49. The number of pyridine rings is 1. The molecule has 0 bridgehead atoms. The molecule has 1 amide bonds. The number of Topliss-reactive ketones (excluding diaryl/α,β-unsaturated/α-hetero) is 1. The third-order valence-electron chi connectivity index (χ3n) is 5.80. The van der Waals surface area contributed by atoms with Gasteiger partial charge in [-0.2, -0.15) is 0 Å². The zero-order chi connectivity index (χ0) is 20.2. The van der Waals surface area contributed by atoms with Crippen LogP contribution in [0, 0.1) is 13.8 Å². The third-order valence-corrected chi connectivity index (χ3v) is 5.80. The molecule has 1 spiro atoms. The maximum absolute atomic E-state index is 13.5. The van der Waals surface area contributed by atoms with Crippen molar-refractivity contribution in [1.29, 1.82) is 0 Å². The van der Waals surface area contributed by atoms with Gasteiger partial charge in [0.1, 0.15) is 11.4 Å². The summed E-state index contributed by atoms with van der Waals surface area (Å²) in [6, 6.07) is 9.10. The van der Waals surface area contributed by atoms with Gasteiger partial charge in [0.2, 0.25) is 0 Å². The largest absolute Gasteiger partial charge is 0.484 e. The molecule has 1 saturated heterocycles. The van der Waals surface area contributed by atoms with Crippen LogP contribution in [0.1, 0.15) is 51.4 Å². The van der Waals surface area contributed by atoms with Crippen LogP contribution in [0.2, 0.25) is 0 Å². The molecule has 29 heavy (non-hydrogen) atoms. The van der Waals surface area contributed by atoms with Crippen LogP contribution in [0.15, 0.2) is 34.9 Å². The van der Waals surface area contributed by atoms with E-state index in [0.717, 1.165) is 12.8 Å². The Bertz CT molecular complexity index is 1150. The van der Waals surface area contributed by atoms with Crippen LogP contribution < -0.4 is 4.74 Å². The number of aryl methyl sites for hydroxylation is 2. The lowest BCUT2D eigenvalue weighted by Gasteiger charge is -2.44. The molecular weight excluding hydrogens is 370 g/mol. The summed E-state index contributed by atoms with van der Waals surface area (Å²) in [5.41, 5.74) is 2.18. The predicted molar refractivity (Wildman–Crippen MR) is 105 cm³/mol. The number of carbonyl (C=O) groups excluding carboxylic acids is 2. The number of ether oxygens (including phenoxy) is 1. The van der Waals surface area contributed by atoms with E-state index in [1.165, 1.54) is 0 Å². The topological polar surface area (TPSA) is 85.5 Å². The second kappa shape index (κ2) is 6.40. The van der Waals surface area contributed by atoms with Crippen molar-refractivity contribution in [2.75, 3.05) is 13.1 Å². The van der Waals surface area contributed by atoms with Gasteiger partial charge in [-0.1, -0.05) is 17.3 Å². The first-order valence-corrected chi connectivity index (χ1v) is 9.80. The summed E-state index contributed by atoms with van der Waals surface area (Å²) in [7, 11) is 0. The maximum Gasteiger partial charge on any atom is 0.258 e. The lowest BCUT2D eigenvalue weighted by Crippen LogP contribution is -2.56. The molecule has 7 nitrogen and oxygen atoms in total. The van der Waals surface area contributed by atoms with Crippen molar-refractivity contribution in [3.8, 4) is 5.75 Å². The minimum atomic E-state index is -0.676. The van der Waals surface area contributed by atoms with E-state index in [-0.39, 0.29) is 18.1 Å². The van der Waals surface area contributed by atoms with Crippen LogP contribution in [-0.4, -0.2) is 45.4 Å². The van der Waals surface area contributed by atoms with Crippen LogP contribution in [0.4, 0.5) is 0 Å². The monoisotopic (exact) mass is 391 g/mol. The standard InChI is InChI=1S/C22H21N3O4/c1-13-10-16(19-14(2)24-29-20(19)23-13)21(27)25-9-5-8-22(12-25)11-17(26)15-6-3-4-7-18(15)28-22/h3-4,6-7,10H,5,8-9,11-12H2,1-2H3. The molecule has 0 aliphatic carbocycles. The highest BCUT2D eigenvalue weighted by Crippen LogP contribution is 2.38. The van der Waals surface area contributed by atoms with Gasteiger partial charge in [-0.05, 0) is 44.9 Å². The summed E-state index contributed by atoms with van der Waals surface area (Å²) in [5, 5.41) is 4.61. The van der Waals surface area contributed by atoms with Crippen molar-refractivity contribution < 1.29 is 18.8 Å². The number of para-hydroxylation sites is 1. The van der Waals surface area contributed by atoms with Gasteiger partial charge in [-0.15, -0.1) is 0 Å². The van der Waals surface area contributed by atoms with Gasteiger partial charge >= 0.3 is 0 Å². The molecule has 1 aromatic carbocycles. The number of nitrogens with zero attached hydrogens (tertiary/aromatic N) is 3. The molecule has 1 atom stereocenters. The van der Waals surface area contributed by atoms with Crippen molar-refractivity contribution in [1.82, 2.24) is 15.0 Å². The number of aromatic nitrogens is 2. The first kappa shape index (κ1) is 17.8. The summed E-state index contributed by atoms with van der Waals surface area (Å²) in [4.78, 5) is 32.3. The smallest absolute Gasteiger partial charge is 0.258 e. The highest BCUT2D eigenvalue weighted by Gasteiger charge is 2.45. The molecule has 0 radical (unpaired) electrons. The van der Waals surface area contributed by atoms with E-state index >= 15 is 0 Å². The Kier molecular flexibility index (Phi) is 3.94. The summed E-state index contributed by atoms with van der Waals surface area (Å²) >= 11 is 0. The molecule has 5 rings (SSSR count). The number of likely N-dealkylation sites (tertiary alicyclic amines) is 1. The second-order valence-electron chi connectivity index (χ2n) is 7.97. The van der Waals surface area contributed by atoms with Crippen molar-refractivity contribution >= 4 is 22.8 Å². The van der Waals surface area contributed by atoms with Gasteiger partial charge in [0.05, 0.1) is 35.2 Å². The average molecular weight is 391 g/mol. The Labute approximate surface area is 167 Å². The number of fused-ring (bicyclic) bond motifs is 2. The fourth-order valence-corrected chi connectivity index (χ4v) is 4.50. The zero-order valence-electron chi connectivity index (χ0n) is 16.4. The summed E-state index contributed by atoms with van der Waals surface area (Å²) in [6.07, 6.45) is 1.80. The third kappa shape index (κ3) is 2.88. The van der Waals surface area contributed by atoms with Crippen LogP contribution in [0.25, 0.3) is 11.1 Å². The van der Waals surface area contributed by atoms with E-state index < -0.39 is 5.60 Å². The van der Waals surface area contributed by atoms with Gasteiger partial charge in [0.15, 0.2) is 5.78 Å². The lowest BCUT2D eigenvalue weighted by molar-refractivity contribution is -0.0134. The summed E-state index contributed by atoms with van der Waals surface area (Å²) in [5.74, 6) is 0.564. The normalized spacial score (nSPS) is 21.3. The van der Waals surface area contributed by atoms with Crippen LogP contribution >= 0.6 is 0 Å². The molecule has 148 valence electrons. The first-order chi connectivity index (χ1) is 14.0. The first-order valence-electron chi connectivity index (χ1n) is 9.80. The van der Waals surface area contributed by atoms with Crippen LogP contribution in [-0.2, 0) is 0 Å². The van der Waals surface area contributed by atoms with Crippen molar-refractivity contribution in [2.24, 2.45) is 0 Å². The lowest BCUT2D eigenvalue weighted by atomic mass is 9.83. The number of hydrogen-bond acceptors (Lipinski definition) is 6. The maximum atomic E-state index is 13.5. The van der Waals surface area contributed by atoms with Crippen molar-refractivity contribution in [3.63, 3.8) is 0 Å². The van der Waals surface area contributed by atoms with E-state index in [1.807, 2.05) is 25.1 Å². The highest BCUT2D eigenvalue weighted by molar-refractivity contribution is 6.06. The number of amides is 1. The Morgan fingerprint density at radius 2 is 2.07 bits per heavy atom. The summed E-state index contributed by atoms with van der Waals surface area (Å²) in [6.45, 7) is 4.62. The highest BCUT2D eigenvalue weighted by atomic mass is 16.5. The van der Waals surface area contributed by atoms with E-state index in [4.69, 9.17) is 9.26 Å². The zero-order valence-corrected chi connectivity index (χ0v) is 16.4. The fourth-order valence-electron chi connectivity index (χ4n) is 4.50. The molecule has 4 heterocycles. The Hall–Kier alpha value is -3.22. The van der Waals surface area contributed by atoms with E-state index in [9.17, 15) is 9.59 Å². The molecule has 0 N–H and O–H groups in total. The SMILES string of the molecule is Cc1cc(C(=O)N2CCCC3(CC(=O)c4ccccc4O3)C2)c2c(C)noc2n1. The quantitative estimate of drug-likeness (QED) is 0.631. The van der Waals surface area contributed by atoms with E-state index in [0.29, 0.717) is 52.5 Å². The van der Waals surface area contributed by atoms with Gasteiger partial charge in [-0.3, -0.25) is 9.59 Å². The van der Waals surface area contributed by atoms with Crippen LogP contribution in [0.3, 0.4) is 0 Å². The molecule has 1 unspecified atom stereocenters. The second-order valence-corrected chi connectivity index (χ2v) is 7.97. The van der Waals surface area contributed by atoms with E-state index in [2.05, 4.69) is 10.1 Å². The Morgan fingerprint density at radius 1 is 1.24 bits per heavy atom. The minimum Gasteiger partial charge on any atom is -0.484 e. The molecule has 7 heteroatoms. The number of piperidine rings is 1. The summed E-state index contributed by atoms with van der Waals surface area (Å²) < 4.78 is 11.6. The average Bonchev–Trinajstić information content (AvgIpc) is 3.07. The minimum absolute atomic E-state index is 0.0678. The molecule has 2 aliphatic heterocycles. The number of rotatable bonds is 1. The number of benzene rings is 1. The van der Waals surface area contributed by atoms with E-state index in [1.54, 1.807) is 24.0 Å². The molecule has 2 aromatic heterocycles. The van der Waals surface area contributed by atoms with Gasteiger partial charge in [0, 0.05) is 12.2 Å². The molecule has 0 saturated carbocycles. The molecular formula is C22H21N3O4.